The van der Waals surface area contributed by atoms with Gasteiger partial charge in [0.25, 0.3) is 0 Å². The van der Waals surface area contributed by atoms with Gasteiger partial charge in [-0.15, -0.1) is 0 Å². The Bertz CT molecular complexity index is 507. The number of H-pyrrole nitrogens is 1. The molecule has 0 spiro atoms. The Morgan fingerprint density at radius 1 is 1.32 bits per heavy atom. The Labute approximate surface area is 127 Å². The number of aromatic amines is 1. The normalized spacial score (nSPS) is 22.4. The summed E-state index contributed by atoms with van der Waals surface area (Å²) in [6.45, 7) is 3.87. The molecule has 1 aromatic rings. The molecule has 3 N–H and O–H groups in total. The Morgan fingerprint density at radius 3 is 2.59 bits per heavy atom. The molecule has 1 aliphatic rings. The molecule has 1 aromatic heterocycles. The van der Waals surface area contributed by atoms with Crippen LogP contribution in [0.4, 0.5) is 18.0 Å². The van der Waals surface area contributed by atoms with Crippen LogP contribution in [-0.2, 0) is 6.54 Å². The minimum Gasteiger partial charge on any atom is -0.335 e. The van der Waals surface area contributed by atoms with Gasteiger partial charge in [0.1, 0.15) is 0 Å². The second-order valence-electron chi connectivity index (χ2n) is 5.78. The summed E-state index contributed by atoms with van der Waals surface area (Å²) >= 11 is 0. The monoisotopic (exact) mass is 318 g/mol. The third-order valence-corrected chi connectivity index (χ3v) is 4.21. The second kappa shape index (κ2) is 6.58. The third kappa shape index (κ3) is 3.92. The van der Waals surface area contributed by atoms with Crippen LogP contribution in [0.3, 0.4) is 0 Å². The highest BCUT2D eigenvalue weighted by atomic mass is 19.4. The number of rotatable bonds is 3. The van der Waals surface area contributed by atoms with E-state index in [0.717, 1.165) is 17.0 Å². The summed E-state index contributed by atoms with van der Waals surface area (Å²) in [5.74, 6) is -1.45. The molecule has 22 heavy (non-hydrogen) atoms. The molecule has 0 unspecified atom stereocenters. The minimum atomic E-state index is -4.27. The number of nitrogens with one attached hydrogen (secondary N) is 3. The molecule has 5 nitrogen and oxygen atoms in total. The molecule has 2 amide bonds. The van der Waals surface area contributed by atoms with Crippen molar-refractivity contribution in [3.05, 3.63) is 17.0 Å². The summed E-state index contributed by atoms with van der Waals surface area (Å²) in [6.07, 6.45) is -2.57. The molecule has 0 radical (unpaired) electrons. The molecule has 1 aliphatic carbocycles. The van der Waals surface area contributed by atoms with Crippen molar-refractivity contribution >= 4 is 6.03 Å². The van der Waals surface area contributed by atoms with Crippen molar-refractivity contribution in [3.8, 4) is 0 Å². The number of carbonyl (C=O) groups excluding carboxylic acids is 1. The van der Waals surface area contributed by atoms with Gasteiger partial charge >= 0.3 is 12.2 Å². The standard InChI is InChI=1S/C14H21F3N4O/c1-8-10(9(2)21-20-8)7-18-13(22)19-12-6-4-3-5-11(12)14(15,16)17/h11-12H,3-7H2,1-2H3,(H,20,21)(H2,18,19,22)/t11-,12+/m0/s1. The molecule has 1 saturated carbocycles. The molecule has 1 fully saturated rings. The van der Waals surface area contributed by atoms with Gasteiger partial charge in [-0.25, -0.2) is 4.79 Å². The van der Waals surface area contributed by atoms with Gasteiger partial charge in [0.2, 0.25) is 0 Å². The SMILES string of the molecule is Cc1n[nH]c(C)c1CNC(=O)N[C@@H]1CCCC[C@@H]1C(F)(F)F. The lowest BCUT2D eigenvalue weighted by Crippen LogP contribution is -2.50. The topological polar surface area (TPSA) is 69.8 Å². The van der Waals surface area contributed by atoms with Gasteiger partial charge in [0, 0.05) is 23.8 Å². The average Bonchev–Trinajstić information content (AvgIpc) is 2.75. The van der Waals surface area contributed by atoms with E-state index in [1.54, 1.807) is 6.92 Å². The van der Waals surface area contributed by atoms with Gasteiger partial charge in [-0.05, 0) is 26.7 Å². The predicted molar refractivity (Wildman–Crippen MR) is 75.2 cm³/mol. The number of nitrogens with zero attached hydrogens (tertiary/aromatic N) is 1. The summed E-state index contributed by atoms with van der Waals surface area (Å²) < 4.78 is 38.9. The lowest BCUT2D eigenvalue weighted by molar-refractivity contribution is -0.187. The second-order valence-corrected chi connectivity index (χ2v) is 5.78. The Hall–Kier alpha value is -1.73. The fraction of sp³-hybridized carbons (Fsp3) is 0.714. The highest BCUT2D eigenvalue weighted by Crippen LogP contribution is 2.37. The zero-order chi connectivity index (χ0) is 16.3. The Balaban J connectivity index is 1.90. The largest absolute Gasteiger partial charge is 0.393 e. The molecular formula is C14H21F3N4O. The summed E-state index contributed by atoms with van der Waals surface area (Å²) in [5.41, 5.74) is 2.46. The third-order valence-electron chi connectivity index (χ3n) is 4.21. The Kier molecular flexibility index (Phi) is 4.97. The summed E-state index contributed by atoms with van der Waals surface area (Å²) in [5, 5.41) is 11.9. The highest BCUT2D eigenvalue weighted by Gasteiger charge is 2.45. The first-order valence-electron chi connectivity index (χ1n) is 7.40. The maximum atomic E-state index is 13.0. The van der Waals surface area contributed by atoms with Gasteiger partial charge < -0.3 is 10.6 Å². The van der Waals surface area contributed by atoms with Crippen LogP contribution in [0.25, 0.3) is 0 Å². The first kappa shape index (κ1) is 16.6. The number of aromatic nitrogens is 2. The molecule has 124 valence electrons. The van der Waals surface area contributed by atoms with Gasteiger partial charge in [-0.2, -0.15) is 18.3 Å². The van der Waals surface area contributed by atoms with Crippen molar-refractivity contribution < 1.29 is 18.0 Å². The molecule has 0 aliphatic heterocycles. The van der Waals surface area contributed by atoms with Gasteiger partial charge in [-0.1, -0.05) is 12.8 Å². The molecule has 0 bridgehead atoms. The first-order valence-corrected chi connectivity index (χ1v) is 7.40. The summed E-state index contributed by atoms with van der Waals surface area (Å²) in [7, 11) is 0. The van der Waals surface area contributed by atoms with Crippen LogP contribution in [0, 0.1) is 19.8 Å². The van der Waals surface area contributed by atoms with Crippen molar-refractivity contribution in [2.24, 2.45) is 5.92 Å². The number of carbonyl (C=O) groups is 1. The molecule has 2 atom stereocenters. The van der Waals surface area contributed by atoms with Gasteiger partial charge in [0.15, 0.2) is 0 Å². The fourth-order valence-corrected chi connectivity index (χ4v) is 2.92. The maximum absolute atomic E-state index is 13.0. The van der Waals surface area contributed by atoms with Gasteiger partial charge in [0.05, 0.1) is 11.6 Å². The van der Waals surface area contributed by atoms with Crippen molar-refractivity contribution in [1.82, 2.24) is 20.8 Å². The van der Waals surface area contributed by atoms with E-state index < -0.39 is 24.2 Å². The summed E-state index contributed by atoms with van der Waals surface area (Å²) in [6, 6.07) is -1.42. The Morgan fingerprint density at radius 2 is 2.00 bits per heavy atom. The van der Waals surface area contributed by atoms with E-state index in [0.29, 0.717) is 19.3 Å². The quantitative estimate of drug-likeness (QED) is 0.802. The first-order chi connectivity index (χ1) is 10.3. The van der Waals surface area contributed by atoms with Crippen LogP contribution in [0.15, 0.2) is 0 Å². The van der Waals surface area contributed by atoms with Crippen LogP contribution in [0.5, 0.6) is 0 Å². The van der Waals surface area contributed by atoms with Crippen LogP contribution < -0.4 is 10.6 Å². The van der Waals surface area contributed by atoms with Crippen molar-refractivity contribution in [1.29, 1.82) is 0 Å². The number of alkyl halides is 3. The zero-order valence-electron chi connectivity index (χ0n) is 12.7. The molecule has 0 saturated heterocycles. The smallest absolute Gasteiger partial charge is 0.335 e. The number of urea groups is 1. The number of amides is 2. The fourth-order valence-electron chi connectivity index (χ4n) is 2.92. The molecule has 2 rings (SSSR count). The van der Waals surface area contributed by atoms with E-state index in [2.05, 4.69) is 20.8 Å². The van der Waals surface area contributed by atoms with E-state index >= 15 is 0 Å². The van der Waals surface area contributed by atoms with Crippen LogP contribution in [0.1, 0.15) is 42.6 Å². The van der Waals surface area contributed by atoms with Crippen molar-refractivity contribution in [2.75, 3.05) is 0 Å². The minimum absolute atomic E-state index is 0.0778. The number of aryl methyl sites for hydroxylation is 2. The van der Waals surface area contributed by atoms with E-state index in [9.17, 15) is 18.0 Å². The molecule has 8 heteroatoms. The molecule has 0 aromatic carbocycles. The van der Waals surface area contributed by atoms with Crippen LogP contribution >= 0.6 is 0 Å². The van der Waals surface area contributed by atoms with E-state index in [1.165, 1.54) is 0 Å². The number of halogens is 3. The highest BCUT2D eigenvalue weighted by molar-refractivity contribution is 5.74. The number of hydrogen-bond acceptors (Lipinski definition) is 2. The maximum Gasteiger partial charge on any atom is 0.393 e. The van der Waals surface area contributed by atoms with Crippen LogP contribution in [0.2, 0.25) is 0 Å². The molecular weight excluding hydrogens is 297 g/mol. The van der Waals surface area contributed by atoms with Crippen LogP contribution in [-0.4, -0.2) is 28.4 Å². The molecule has 1 heterocycles. The van der Waals surface area contributed by atoms with Crippen molar-refractivity contribution in [2.45, 2.75) is 58.3 Å². The van der Waals surface area contributed by atoms with Gasteiger partial charge in [-0.3, -0.25) is 5.10 Å². The lowest BCUT2D eigenvalue weighted by Gasteiger charge is -2.33. The summed E-state index contributed by atoms with van der Waals surface area (Å²) in [4.78, 5) is 11.9. The number of hydrogen-bond donors (Lipinski definition) is 3. The lowest BCUT2D eigenvalue weighted by atomic mass is 9.84. The van der Waals surface area contributed by atoms with Crippen molar-refractivity contribution in [3.63, 3.8) is 0 Å². The van der Waals surface area contributed by atoms with E-state index in [4.69, 9.17) is 0 Å². The van der Waals surface area contributed by atoms with E-state index in [-0.39, 0.29) is 13.0 Å². The van der Waals surface area contributed by atoms with E-state index in [1.807, 2.05) is 6.92 Å². The predicted octanol–water partition coefficient (Wildman–Crippen LogP) is 2.95. The average molecular weight is 318 g/mol. The zero-order valence-corrected chi connectivity index (χ0v) is 12.7.